The first kappa shape index (κ1) is 25.2. The molecule has 1 aliphatic heterocycles. The van der Waals surface area contributed by atoms with Gasteiger partial charge in [-0.3, -0.25) is 9.69 Å². The Morgan fingerprint density at radius 2 is 1.91 bits per heavy atom. The van der Waals surface area contributed by atoms with Gasteiger partial charge in [0.05, 0.1) is 13.2 Å². The van der Waals surface area contributed by atoms with Crippen LogP contribution in [0.15, 0.2) is 42.5 Å². The van der Waals surface area contributed by atoms with Gasteiger partial charge in [-0.15, -0.1) is 0 Å². The minimum Gasteiger partial charge on any atom is -0.491 e. The number of hydrogen-bond donors (Lipinski definition) is 1. The molecule has 0 atom stereocenters. The van der Waals surface area contributed by atoms with Crippen LogP contribution in [0, 0.1) is 5.92 Å². The van der Waals surface area contributed by atoms with Crippen LogP contribution < -0.4 is 10.1 Å². The van der Waals surface area contributed by atoms with Crippen molar-refractivity contribution >= 4 is 5.91 Å². The summed E-state index contributed by atoms with van der Waals surface area (Å²) in [6.45, 7) is 10.5. The van der Waals surface area contributed by atoms with Gasteiger partial charge in [0, 0.05) is 44.7 Å². The van der Waals surface area contributed by atoms with Gasteiger partial charge in [-0.2, -0.15) is 0 Å². The second-order valence-corrected chi connectivity index (χ2v) is 9.47. The van der Waals surface area contributed by atoms with E-state index in [2.05, 4.69) is 53.2 Å². The molecule has 180 valence electrons. The van der Waals surface area contributed by atoms with Crippen molar-refractivity contribution in [3.8, 4) is 5.75 Å². The van der Waals surface area contributed by atoms with Gasteiger partial charge in [0.25, 0.3) is 5.91 Å². The predicted molar refractivity (Wildman–Crippen MR) is 133 cm³/mol. The molecule has 0 saturated heterocycles. The summed E-state index contributed by atoms with van der Waals surface area (Å²) >= 11 is 0. The number of amides is 1. The first-order chi connectivity index (χ1) is 15.9. The number of ether oxygens (including phenoxy) is 2. The Balaban J connectivity index is 1.82. The summed E-state index contributed by atoms with van der Waals surface area (Å²) in [7, 11) is 3.99. The second kappa shape index (κ2) is 12.7. The highest BCUT2D eigenvalue weighted by Gasteiger charge is 2.14. The van der Waals surface area contributed by atoms with E-state index in [0.717, 1.165) is 37.5 Å². The summed E-state index contributed by atoms with van der Waals surface area (Å²) in [5.74, 6) is 1.36. The molecule has 1 heterocycles. The lowest BCUT2D eigenvalue weighted by Gasteiger charge is -2.25. The Hall–Kier alpha value is -2.41. The van der Waals surface area contributed by atoms with Crippen molar-refractivity contribution in [2.75, 3.05) is 60.1 Å². The van der Waals surface area contributed by atoms with E-state index in [4.69, 9.17) is 9.47 Å². The summed E-state index contributed by atoms with van der Waals surface area (Å²) in [5.41, 5.74) is 4.20. The molecule has 2 aromatic carbocycles. The molecule has 33 heavy (non-hydrogen) atoms. The molecule has 6 heteroatoms. The molecule has 2 aromatic rings. The third kappa shape index (κ3) is 8.46. The number of rotatable bonds is 6. The lowest BCUT2D eigenvalue weighted by molar-refractivity contribution is 0.0746. The normalized spacial score (nSPS) is 15.6. The van der Waals surface area contributed by atoms with Crippen LogP contribution in [0.4, 0.5) is 0 Å². The molecule has 0 radical (unpaired) electrons. The average molecular weight is 454 g/mol. The van der Waals surface area contributed by atoms with Crippen LogP contribution in [0.1, 0.15) is 40.9 Å². The first-order valence-corrected chi connectivity index (χ1v) is 12.0. The number of nitrogens with zero attached hydrogens (tertiary/aromatic N) is 2. The maximum atomic E-state index is 12.7. The minimum absolute atomic E-state index is 0.0551. The van der Waals surface area contributed by atoms with Gasteiger partial charge in [0.2, 0.25) is 0 Å². The fraction of sp³-hybridized carbons (Fsp3) is 0.519. The largest absolute Gasteiger partial charge is 0.491 e. The Labute approximate surface area is 198 Å². The van der Waals surface area contributed by atoms with Gasteiger partial charge in [0.1, 0.15) is 12.4 Å². The molecular weight excluding hydrogens is 414 g/mol. The molecule has 2 bridgehead atoms. The third-order valence-corrected chi connectivity index (χ3v) is 5.62. The van der Waals surface area contributed by atoms with Crippen molar-refractivity contribution in [1.29, 1.82) is 0 Å². The number of carbonyl (C=O) groups is 1. The number of carbonyl (C=O) groups excluding carboxylic acids is 1. The van der Waals surface area contributed by atoms with Crippen LogP contribution in [0.2, 0.25) is 0 Å². The molecule has 0 aromatic heterocycles. The van der Waals surface area contributed by atoms with E-state index < -0.39 is 0 Å². The van der Waals surface area contributed by atoms with Crippen LogP contribution in [0.25, 0.3) is 0 Å². The number of fused-ring (bicyclic) bond motifs is 3. The van der Waals surface area contributed by atoms with E-state index in [0.29, 0.717) is 44.3 Å². The summed E-state index contributed by atoms with van der Waals surface area (Å²) in [6.07, 6.45) is 0.715. The van der Waals surface area contributed by atoms with Crippen molar-refractivity contribution in [3.63, 3.8) is 0 Å². The summed E-state index contributed by atoms with van der Waals surface area (Å²) in [4.78, 5) is 17.2. The van der Waals surface area contributed by atoms with Gasteiger partial charge in [0.15, 0.2) is 0 Å². The summed E-state index contributed by atoms with van der Waals surface area (Å²) in [5, 5.41) is 3.00. The minimum atomic E-state index is -0.0551. The lowest BCUT2D eigenvalue weighted by Crippen LogP contribution is -2.31. The molecular formula is C27H39N3O3. The van der Waals surface area contributed by atoms with Gasteiger partial charge in [-0.25, -0.2) is 0 Å². The molecule has 0 spiro atoms. The Bertz CT molecular complexity index is 898. The maximum absolute atomic E-state index is 12.7. The number of benzene rings is 2. The highest BCUT2D eigenvalue weighted by Crippen LogP contribution is 2.24. The van der Waals surface area contributed by atoms with Crippen LogP contribution >= 0.6 is 0 Å². The SMILES string of the molecule is CC(C)CN1CCOCCOc2ccc(C(=O)NCCN(C)C)cc2Cc2cccc(c2)C1. The van der Waals surface area contributed by atoms with Crippen LogP contribution in [0.3, 0.4) is 0 Å². The quantitative estimate of drug-likeness (QED) is 0.726. The van der Waals surface area contributed by atoms with E-state index in [9.17, 15) is 4.79 Å². The number of nitrogens with one attached hydrogen (secondary N) is 1. The molecule has 0 aliphatic carbocycles. The van der Waals surface area contributed by atoms with Crippen LogP contribution in [0.5, 0.6) is 5.75 Å². The average Bonchev–Trinajstić information content (AvgIpc) is 2.75. The Kier molecular flexibility index (Phi) is 9.73. The van der Waals surface area contributed by atoms with E-state index in [1.54, 1.807) is 0 Å². The highest BCUT2D eigenvalue weighted by molar-refractivity contribution is 5.94. The zero-order chi connectivity index (χ0) is 23.6. The third-order valence-electron chi connectivity index (χ3n) is 5.62. The molecule has 0 unspecified atom stereocenters. The molecule has 1 amide bonds. The van der Waals surface area contributed by atoms with Gasteiger partial charge >= 0.3 is 0 Å². The van der Waals surface area contributed by atoms with Crippen molar-refractivity contribution in [1.82, 2.24) is 15.1 Å². The van der Waals surface area contributed by atoms with Crippen molar-refractivity contribution < 1.29 is 14.3 Å². The fourth-order valence-electron chi connectivity index (χ4n) is 4.07. The molecule has 1 N–H and O–H groups in total. The van der Waals surface area contributed by atoms with Gasteiger partial charge in [-0.1, -0.05) is 38.1 Å². The fourth-order valence-corrected chi connectivity index (χ4v) is 4.07. The van der Waals surface area contributed by atoms with Crippen molar-refractivity contribution in [2.24, 2.45) is 5.92 Å². The Morgan fingerprint density at radius 1 is 1.09 bits per heavy atom. The molecule has 1 aliphatic rings. The smallest absolute Gasteiger partial charge is 0.251 e. The summed E-state index contributed by atoms with van der Waals surface area (Å²) in [6, 6.07) is 14.5. The predicted octanol–water partition coefficient (Wildman–Crippen LogP) is 3.44. The van der Waals surface area contributed by atoms with E-state index >= 15 is 0 Å². The van der Waals surface area contributed by atoms with Crippen molar-refractivity contribution in [2.45, 2.75) is 26.8 Å². The van der Waals surface area contributed by atoms with E-state index in [1.807, 2.05) is 32.3 Å². The lowest BCUT2D eigenvalue weighted by atomic mass is 9.99. The van der Waals surface area contributed by atoms with E-state index in [1.165, 1.54) is 11.1 Å². The van der Waals surface area contributed by atoms with Crippen molar-refractivity contribution in [3.05, 3.63) is 64.7 Å². The standard InChI is InChI=1S/C27H39N3O3/c1-21(2)19-30-12-13-32-14-15-33-26-9-8-24(27(31)28-10-11-29(3)4)18-25(26)17-22-6-5-7-23(16-22)20-30/h5-9,16,18,21H,10-15,17,19-20H2,1-4H3,(H,28,31). The highest BCUT2D eigenvalue weighted by atomic mass is 16.5. The van der Waals surface area contributed by atoms with Gasteiger partial charge in [-0.05, 0) is 54.9 Å². The summed E-state index contributed by atoms with van der Waals surface area (Å²) < 4.78 is 11.9. The number of hydrogen-bond acceptors (Lipinski definition) is 5. The monoisotopic (exact) mass is 453 g/mol. The van der Waals surface area contributed by atoms with E-state index in [-0.39, 0.29) is 5.91 Å². The molecule has 0 saturated carbocycles. The zero-order valence-corrected chi connectivity index (χ0v) is 20.6. The molecule has 6 nitrogen and oxygen atoms in total. The second-order valence-electron chi connectivity index (χ2n) is 9.47. The molecule has 0 fully saturated rings. The van der Waals surface area contributed by atoms with Crippen LogP contribution in [-0.2, 0) is 17.7 Å². The van der Waals surface area contributed by atoms with Gasteiger partial charge < -0.3 is 19.7 Å². The Morgan fingerprint density at radius 3 is 2.70 bits per heavy atom. The topological polar surface area (TPSA) is 54.0 Å². The zero-order valence-electron chi connectivity index (χ0n) is 20.6. The number of likely N-dealkylation sites (N-methyl/N-ethyl adjacent to an activating group) is 1. The first-order valence-electron chi connectivity index (χ1n) is 12.0. The molecule has 3 rings (SSSR count). The van der Waals surface area contributed by atoms with Crippen LogP contribution in [-0.4, -0.2) is 75.8 Å². The maximum Gasteiger partial charge on any atom is 0.251 e.